The number of nitrogens with zero attached hydrogens (tertiary/aromatic N) is 1. The third kappa shape index (κ3) is 7.94. The highest BCUT2D eigenvalue weighted by atomic mass is 35.5. The van der Waals surface area contributed by atoms with E-state index in [0.717, 1.165) is 18.2 Å². The summed E-state index contributed by atoms with van der Waals surface area (Å²) in [6.45, 7) is 4.75. The van der Waals surface area contributed by atoms with Gasteiger partial charge in [0.25, 0.3) is 0 Å². The van der Waals surface area contributed by atoms with Crippen molar-refractivity contribution in [2.24, 2.45) is 0 Å². The lowest BCUT2D eigenvalue weighted by Gasteiger charge is -2.44. The highest BCUT2D eigenvalue weighted by Crippen LogP contribution is 2.39. The van der Waals surface area contributed by atoms with Crippen LogP contribution in [0, 0.1) is 11.3 Å². The second-order valence-electron chi connectivity index (χ2n) is 10.1. The summed E-state index contributed by atoms with van der Waals surface area (Å²) in [4.78, 5) is 48.0. The smallest absolute Gasteiger partial charge is 0.303 e. The zero-order valence-corrected chi connectivity index (χ0v) is 24.7. The van der Waals surface area contributed by atoms with E-state index in [1.165, 1.54) is 20.8 Å². The first-order chi connectivity index (χ1) is 20.4. The molecule has 2 unspecified atom stereocenters. The molecule has 0 bridgehead atoms. The van der Waals surface area contributed by atoms with E-state index in [9.17, 15) is 19.2 Å². The number of carbonyl (C=O) groups is 4. The molecule has 1 fully saturated rings. The third-order valence-corrected chi connectivity index (χ3v) is 7.09. The summed E-state index contributed by atoms with van der Waals surface area (Å²) >= 11 is 6.59. The molecular formula is C30H31ClN2O10. The first-order valence-electron chi connectivity index (χ1n) is 13.5. The molecule has 1 N–H and O–H groups in total. The van der Waals surface area contributed by atoms with Crippen molar-refractivity contribution in [3.8, 4) is 11.8 Å². The molecule has 1 saturated heterocycles. The minimum absolute atomic E-state index is 0.328. The van der Waals surface area contributed by atoms with E-state index in [-0.39, 0.29) is 6.61 Å². The van der Waals surface area contributed by atoms with Gasteiger partial charge in [-0.2, -0.15) is 5.26 Å². The maximum absolute atomic E-state index is 12.2. The molecule has 2 aliphatic heterocycles. The van der Waals surface area contributed by atoms with Crippen molar-refractivity contribution in [2.45, 2.75) is 70.7 Å². The molecule has 228 valence electrons. The van der Waals surface area contributed by atoms with Crippen LogP contribution in [-0.4, -0.2) is 67.5 Å². The quantitative estimate of drug-likeness (QED) is 0.341. The average Bonchev–Trinajstić information content (AvgIpc) is 2.94. The Kier molecular flexibility index (Phi) is 10.1. The van der Waals surface area contributed by atoms with Gasteiger partial charge in [-0.25, -0.2) is 0 Å². The lowest BCUT2D eigenvalue weighted by molar-refractivity contribution is -0.254. The number of fused-ring (bicyclic) bond motifs is 1. The first kappa shape index (κ1) is 31.6. The molecule has 4 rings (SSSR count). The summed E-state index contributed by atoms with van der Waals surface area (Å²) in [7, 11) is 0. The summed E-state index contributed by atoms with van der Waals surface area (Å²) in [5, 5.41) is 12.8. The van der Waals surface area contributed by atoms with Gasteiger partial charge in [0.2, 0.25) is 6.10 Å². The van der Waals surface area contributed by atoms with Crippen molar-refractivity contribution in [1.29, 1.82) is 5.26 Å². The summed E-state index contributed by atoms with van der Waals surface area (Å²) in [5.41, 5.74) is 2.87. The standard InChI is InChI=1S/C30H31ClN2O10/c1-15(34)38-14-26-28(39-16(2)35)30(41-18(4)37)29(40-17(3)36)27(43-26)20-6-7-23(31)21(11-20)9-19-5-8-25-24(10-19)33-13-22(12-32)42-25/h5-8,10-11,22,26-30,33H,9,13-14H2,1-4H3/t22?,26-,27+,28?,29+,30+/m1/s1. The minimum atomic E-state index is -1.28. The monoisotopic (exact) mass is 614 g/mol. The van der Waals surface area contributed by atoms with Crippen LogP contribution >= 0.6 is 11.6 Å². The Balaban J connectivity index is 1.70. The first-order valence-corrected chi connectivity index (χ1v) is 13.8. The van der Waals surface area contributed by atoms with Gasteiger partial charge in [0.15, 0.2) is 18.3 Å². The summed E-state index contributed by atoms with van der Waals surface area (Å²) in [5.74, 6) is -2.14. The van der Waals surface area contributed by atoms with Crippen LogP contribution in [0.3, 0.4) is 0 Å². The number of rotatable bonds is 8. The van der Waals surface area contributed by atoms with E-state index in [2.05, 4.69) is 11.4 Å². The highest BCUT2D eigenvalue weighted by Gasteiger charge is 2.52. The Morgan fingerprint density at radius 2 is 1.60 bits per heavy atom. The molecule has 2 aromatic rings. The summed E-state index contributed by atoms with van der Waals surface area (Å²) < 4.78 is 33.7. The van der Waals surface area contributed by atoms with Crippen LogP contribution in [0.5, 0.6) is 5.75 Å². The normalized spacial score (nSPS) is 24.2. The zero-order chi connectivity index (χ0) is 31.3. The fraction of sp³-hybridized carbons (Fsp3) is 0.433. The molecule has 0 aromatic heterocycles. The van der Waals surface area contributed by atoms with Gasteiger partial charge in [0.1, 0.15) is 30.6 Å². The SMILES string of the molecule is CC(=O)OC[C@H]1O[C@@H](c2ccc(Cl)c(Cc3ccc4c(c3)NCC(C#N)O4)c2)[C@H](OC(C)=O)[C@@H](OC(C)=O)C1OC(C)=O. The number of nitriles is 1. The molecule has 0 aliphatic carbocycles. The van der Waals surface area contributed by atoms with Crippen molar-refractivity contribution >= 4 is 41.2 Å². The number of carbonyl (C=O) groups excluding carboxylic acids is 4. The molecular weight excluding hydrogens is 584 g/mol. The molecule has 12 nitrogen and oxygen atoms in total. The molecule has 0 amide bonds. The van der Waals surface area contributed by atoms with E-state index in [4.69, 9.17) is 45.3 Å². The van der Waals surface area contributed by atoms with Crippen LogP contribution in [0.25, 0.3) is 0 Å². The van der Waals surface area contributed by atoms with Gasteiger partial charge < -0.3 is 33.7 Å². The fourth-order valence-corrected chi connectivity index (χ4v) is 5.21. The fourth-order valence-electron chi connectivity index (χ4n) is 5.02. The van der Waals surface area contributed by atoms with E-state index >= 15 is 0 Å². The highest BCUT2D eigenvalue weighted by molar-refractivity contribution is 6.31. The number of halogens is 1. The predicted molar refractivity (Wildman–Crippen MR) is 150 cm³/mol. The molecule has 0 spiro atoms. The van der Waals surface area contributed by atoms with Gasteiger partial charge in [-0.1, -0.05) is 29.8 Å². The van der Waals surface area contributed by atoms with E-state index < -0.39 is 60.5 Å². The van der Waals surface area contributed by atoms with Crippen LogP contribution in [0.15, 0.2) is 36.4 Å². The van der Waals surface area contributed by atoms with Crippen LogP contribution in [0.4, 0.5) is 5.69 Å². The third-order valence-electron chi connectivity index (χ3n) is 6.72. The summed E-state index contributed by atoms with van der Waals surface area (Å²) in [6.07, 6.45) is -6.05. The zero-order valence-electron chi connectivity index (χ0n) is 24.0. The van der Waals surface area contributed by atoms with Crippen LogP contribution in [-0.2, 0) is 49.3 Å². The predicted octanol–water partition coefficient (Wildman–Crippen LogP) is 3.43. The largest absolute Gasteiger partial charge is 0.472 e. The Bertz CT molecular complexity index is 1440. The van der Waals surface area contributed by atoms with Crippen molar-refractivity contribution in [3.05, 3.63) is 58.1 Å². The Labute approximate surface area is 253 Å². The van der Waals surface area contributed by atoms with Gasteiger partial charge in [-0.15, -0.1) is 0 Å². The van der Waals surface area contributed by atoms with Gasteiger partial charge in [-0.3, -0.25) is 19.2 Å². The topological polar surface area (TPSA) is 159 Å². The lowest BCUT2D eigenvalue weighted by Crippen LogP contribution is -2.59. The average molecular weight is 615 g/mol. The number of esters is 4. The number of ether oxygens (including phenoxy) is 6. The van der Waals surface area contributed by atoms with Crippen LogP contribution in [0.1, 0.15) is 50.5 Å². The minimum Gasteiger partial charge on any atom is -0.472 e. The maximum Gasteiger partial charge on any atom is 0.303 e. The molecule has 2 aromatic carbocycles. The number of hydrogen-bond acceptors (Lipinski definition) is 12. The number of benzene rings is 2. The van der Waals surface area contributed by atoms with E-state index in [0.29, 0.717) is 34.9 Å². The molecule has 13 heteroatoms. The van der Waals surface area contributed by atoms with Gasteiger partial charge >= 0.3 is 23.9 Å². The van der Waals surface area contributed by atoms with Gasteiger partial charge in [0.05, 0.1) is 12.2 Å². The molecule has 0 radical (unpaired) electrons. The maximum atomic E-state index is 12.2. The number of hydrogen-bond donors (Lipinski definition) is 1. The number of nitrogens with one attached hydrogen (secondary N) is 1. The van der Waals surface area contributed by atoms with Crippen LogP contribution < -0.4 is 10.1 Å². The Morgan fingerprint density at radius 1 is 0.930 bits per heavy atom. The number of anilines is 1. The molecule has 2 heterocycles. The van der Waals surface area contributed by atoms with E-state index in [1.54, 1.807) is 24.3 Å². The molecule has 43 heavy (non-hydrogen) atoms. The molecule has 2 aliphatic rings. The van der Waals surface area contributed by atoms with Crippen molar-refractivity contribution in [1.82, 2.24) is 0 Å². The molecule has 6 atom stereocenters. The van der Waals surface area contributed by atoms with Crippen molar-refractivity contribution in [2.75, 3.05) is 18.5 Å². The van der Waals surface area contributed by atoms with Gasteiger partial charge in [-0.05, 0) is 41.3 Å². The second-order valence-corrected chi connectivity index (χ2v) is 10.5. The lowest BCUT2D eigenvalue weighted by atomic mass is 9.89. The summed E-state index contributed by atoms with van der Waals surface area (Å²) in [6, 6.07) is 12.7. The molecule has 0 saturated carbocycles. The van der Waals surface area contributed by atoms with Gasteiger partial charge in [0, 0.05) is 32.7 Å². The van der Waals surface area contributed by atoms with Crippen molar-refractivity contribution < 1.29 is 47.6 Å². The second kappa shape index (κ2) is 13.8. The Morgan fingerprint density at radius 3 is 2.26 bits per heavy atom. The van der Waals surface area contributed by atoms with E-state index in [1.807, 2.05) is 12.1 Å². The van der Waals surface area contributed by atoms with Crippen LogP contribution in [0.2, 0.25) is 5.02 Å². The van der Waals surface area contributed by atoms with Crippen molar-refractivity contribution in [3.63, 3.8) is 0 Å². The Hall–Kier alpha value is -4.34.